The quantitative estimate of drug-likeness (QED) is 0.820. The van der Waals surface area contributed by atoms with Crippen LogP contribution in [0, 0.1) is 0 Å². The maximum atomic E-state index is 10.5. The van der Waals surface area contributed by atoms with Gasteiger partial charge in [0.1, 0.15) is 0 Å². The number of aliphatic hydroxyl groups is 1. The number of nitrogens with zero attached hydrogens (tertiary/aromatic N) is 1. The van der Waals surface area contributed by atoms with Crippen molar-refractivity contribution in [1.82, 2.24) is 4.90 Å². The van der Waals surface area contributed by atoms with Gasteiger partial charge in [-0.25, -0.2) is 0 Å². The van der Waals surface area contributed by atoms with E-state index < -0.39 is 0 Å². The molecule has 0 amide bonds. The van der Waals surface area contributed by atoms with Crippen molar-refractivity contribution in [1.29, 1.82) is 0 Å². The van der Waals surface area contributed by atoms with Crippen molar-refractivity contribution in [3.8, 4) is 0 Å². The highest BCUT2D eigenvalue weighted by Crippen LogP contribution is 2.37. The lowest BCUT2D eigenvalue weighted by molar-refractivity contribution is -0.0929. The van der Waals surface area contributed by atoms with Gasteiger partial charge >= 0.3 is 0 Å². The van der Waals surface area contributed by atoms with Crippen molar-refractivity contribution in [2.45, 2.75) is 38.0 Å². The molecule has 1 saturated heterocycles. The zero-order valence-electron chi connectivity index (χ0n) is 11.1. The Hall–Kier alpha value is -0.900. The van der Waals surface area contributed by atoms with E-state index in [-0.39, 0.29) is 17.7 Å². The molecule has 3 rings (SSSR count). The molecule has 2 aliphatic rings. The van der Waals surface area contributed by atoms with Gasteiger partial charge in [-0.15, -0.1) is 0 Å². The summed E-state index contributed by atoms with van der Waals surface area (Å²) < 4.78 is 5.56. The summed E-state index contributed by atoms with van der Waals surface area (Å²) in [7, 11) is 0. The number of aliphatic hydroxyl groups excluding tert-OH is 1. The topological polar surface area (TPSA) is 32.7 Å². The molecule has 3 nitrogen and oxygen atoms in total. The fraction of sp³-hybridized carbons (Fsp3) is 0.600. The van der Waals surface area contributed by atoms with Crippen molar-refractivity contribution in [2.24, 2.45) is 0 Å². The summed E-state index contributed by atoms with van der Waals surface area (Å²) in [6.45, 7) is 6.81. The first-order chi connectivity index (χ1) is 8.59. The van der Waals surface area contributed by atoms with E-state index in [1.54, 1.807) is 0 Å². The van der Waals surface area contributed by atoms with Gasteiger partial charge in [0.15, 0.2) is 0 Å². The minimum Gasteiger partial charge on any atom is -0.387 e. The van der Waals surface area contributed by atoms with Crippen LogP contribution in [-0.2, 0) is 11.2 Å². The van der Waals surface area contributed by atoms with Crippen molar-refractivity contribution < 1.29 is 9.84 Å². The molecular weight excluding hydrogens is 226 g/mol. The van der Waals surface area contributed by atoms with Crippen molar-refractivity contribution in [2.75, 3.05) is 19.8 Å². The van der Waals surface area contributed by atoms with Gasteiger partial charge in [-0.05, 0) is 31.4 Å². The van der Waals surface area contributed by atoms with E-state index in [9.17, 15) is 5.11 Å². The SMILES string of the molecule is CC1(C)COCCN1C1Cc2ccccc2C1O. The maximum absolute atomic E-state index is 10.5. The standard InChI is InChI=1S/C15H21NO2/c1-15(2)10-18-8-7-16(15)13-9-11-5-3-4-6-12(11)14(13)17/h3-6,13-14,17H,7-10H2,1-2H3. The van der Waals surface area contributed by atoms with Gasteiger partial charge in [-0.1, -0.05) is 24.3 Å². The molecule has 0 spiro atoms. The second-order valence-electron chi connectivity index (χ2n) is 5.97. The van der Waals surface area contributed by atoms with Gasteiger partial charge in [0.2, 0.25) is 0 Å². The summed E-state index contributed by atoms with van der Waals surface area (Å²) in [6.07, 6.45) is 0.583. The summed E-state index contributed by atoms with van der Waals surface area (Å²) in [5, 5.41) is 10.5. The van der Waals surface area contributed by atoms with Gasteiger partial charge in [-0.3, -0.25) is 4.90 Å². The first-order valence-electron chi connectivity index (χ1n) is 6.70. The lowest BCUT2D eigenvalue weighted by Gasteiger charge is -2.46. The minimum atomic E-state index is -0.362. The predicted octanol–water partition coefficient (Wildman–Crippen LogP) is 1.76. The summed E-state index contributed by atoms with van der Waals surface area (Å²) in [5.41, 5.74) is 2.40. The Morgan fingerprint density at radius 1 is 1.33 bits per heavy atom. The third-order valence-electron chi connectivity index (χ3n) is 4.28. The number of fused-ring (bicyclic) bond motifs is 1. The van der Waals surface area contributed by atoms with Gasteiger partial charge in [0, 0.05) is 18.1 Å². The van der Waals surface area contributed by atoms with E-state index >= 15 is 0 Å². The average Bonchev–Trinajstić information content (AvgIpc) is 2.67. The van der Waals surface area contributed by atoms with Crippen LogP contribution >= 0.6 is 0 Å². The van der Waals surface area contributed by atoms with Crippen molar-refractivity contribution in [3.05, 3.63) is 35.4 Å². The van der Waals surface area contributed by atoms with E-state index in [4.69, 9.17) is 4.74 Å². The van der Waals surface area contributed by atoms with Crippen LogP contribution in [0.4, 0.5) is 0 Å². The molecule has 1 aromatic carbocycles. The second-order valence-corrected chi connectivity index (χ2v) is 5.97. The van der Waals surface area contributed by atoms with E-state index in [0.29, 0.717) is 0 Å². The number of benzene rings is 1. The van der Waals surface area contributed by atoms with Crippen LogP contribution in [0.1, 0.15) is 31.1 Å². The average molecular weight is 247 g/mol. The molecule has 1 aromatic rings. The lowest BCUT2D eigenvalue weighted by atomic mass is 9.97. The Morgan fingerprint density at radius 3 is 2.83 bits per heavy atom. The monoisotopic (exact) mass is 247 g/mol. The summed E-state index contributed by atoms with van der Waals surface area (Å²) >= 11 is 0. The third kappa shape index (κ3) is 1.87. The molecule has 98 valence electrons. The Balaban J connectivity index is 1.87. The molecule has 2 atom stereocenters. The van der Waals surface area contributed by atoms with Crippen molar-refractivity contribution >= 4 is 0 Å². The first-order valence-corrected chi connectivity index (χ1v) is 6.70. The normalized spacial score (nSPS) is 31.3. The van der Waals surface area contributed by atoms with Crippen LogP contribution in [0.2, 0.25) is 0 Å². The number of hydrogen-bond acceptors (Lipinski definition) is 3. The number of morpholine rings is 1. The molecule has 1 aliphatic heterocycles. The number of hydrogen-bond donors (Lipinski definition) is 1. The van der Waals surface area contributed by atoms with E-state index in [2.05, 4.69) is 30.9 Å². The third-order valence-corrected chi connectivity index (χ3v) is 4.28. The molecule has 2 unspecified atom stereocenters. The highest BCUT2D eigenvalue weighted by molar-refractivity contribution is 5.36. The van der Waals surface area contributed by atoms with Crippen LogP contribution < -0.4 is 0 Å². The molecule has 1 N–H and O–H groups in total. The van der Waals surface area contributed by atoms with Gasteiger partial charge in [0.25, 0.3) is 0 Å². The van der Waals surface area contributed by atoms with E-state index in [1.165, 1.54) is 5.56 Å². The molecular formula is C15H21NO2. The Bertz CT molecular complexity index is 444. The predicted molar refractivity (Wildman–Crippen MR) is 70.5 cm³/mol. The van der Waals surface area contributed by atoms with Gasteiger partial charge in [0.05, 0.1) is 19.3 Å². The fourth-order valence-electron chi connectivity index (χ4n) is 3.32. The van der Waals surface area contributed by atoms with Gasteiger partial charge in [-0.2, -0.15) is 0 Å². The molecule has 3 heteroatoms. The number of rotatable bonds is 1. The Kier molecular flexibility index (Phi) is 2.93. The summed E-state index contributed by atoms with van der Waals surface area (Å²) in [5.74, 6) is 0. The van der Waals surface area contributed by atoms with Crippen LogP contribution in [0.15, 0.2) is 24.3 Å². The fourth-order valence-corrected chi connectivity index (χ4v) is 3.32. The molecule has 0 saturated carbocycles. The smallest absolute Gasteiger partial charge is 0.0951 e. The van der Waals surface area contributed by atoms with E-state index in [1.807, 2.05) is 12.1 Å². The Labute approximate surface area is 108 Å². The highest BCUT2D eigenvalue weighted by atomic mass is 16.5. The summed E-state index contributed by atoms with van der Waals surface area (Å²) in [6, 6.07) is 8.44. The molecule has 18 heavy (non-hydrogen) atoms. The maximum Gasteiger partial charge on any atom is 0.0951 e. The minimum absolute atomic E-state index is 0.00589. The zero-order valence-corrected chi connectivity index (χ0v) is 11.1. The Morgan fingerprint density at radius 2 is 2.11 bits per heavy atom. The molecule has 1 fully saturated rings. The first kappa shape index (κ1) is 12.2. The zero-order chi connectivity index (χ0) is 12.8. The second kappa shape index (κ2) is 4.34. The van der Waals surface area contributed by atoms with E-state index in [0.717, 1.165) is 31.7 Å². The summed E-state index contributed by atoms with van der Waals surface area (Å²) in [4.78, 5) is 2.42. The molecule has 0 bridgehead atoms. The highest BCUT2D eigenvalue weighted by Gasteiger charge is 2.42. The molecule has 1 heterocycles. The van der Waals surface area contributed by atoms with Crippen molar-refractivity contribution in [3.63, 3.8) is 0 Å². The largest absolute Gasteiger partial charge is 0.387 e. The van der Waals surface area contributed by atoms with Crippen LogP contribution in [-0.4, -0.2) is 41.3 Å². The molecule has 0 radical (unpaired) electrons. The van der Waals surface area contributed by atoms with Crippen LogP contribution in [0.5, 0.6) is 0 Å². The van der Waals surface area contributed by atoms with Gasteiger partial charge < -0.3 is 9.84 Å². The van der Waals surface area contributed by atoms with Crippen LogP contribution in [0.25, 0.3) is 0 Å². The molecule has 1 aliphatic carbocycles. The van der Waals surface area contributed by atoms with Crippen LogP contribution in [0.3, 0.4) is 0 Å². The number of ether oxygens (including phenoxy) is 1. The molecule has 0 aromatic heterocycles. The lowest BCUT2D eigenvalue weighted by Crippen LogP contribution is -2.58.